The fraction of sp³-hybridized carbons (Fsp3) is 0.182. The van der Waals surface area contributed by atoms with Gasteiger partial charge in [0.05, 0.1) is 6.61 Å². The van der Waals surface area contributed by atoms with Crippen molar-refractivity contribution in [2.24, 2.45) is 0 Å². The molecular weight excluding hydrogens is 224 g/mol. The monoisotopic (exact) mass is 236 g/mol. The topological polar surface area (TPSA) is 52.1 Å². The maximum Gasteiger partial charge on any atom is 0.293 e. The fourth-order valence-corrected chi connectivity index (χ4v) is 1.55. The molecule has 0 unspecified atom stereocenters. The van der Waals surface area contributed by atoms with E-state index in [1.807, 2.05) is 23.7 Å². The van der Waals surface area contributed by atoms with E-state index in [9.17, 15) is 4.79 Å². The highest BCUT2D eigenvalue weighted by Gasteiger charge is 1.96. The van der Waals surface area contributed by atoms with Crippen LogP contribution in [0.25, 0.3) is 10.6 Å². The van der Waals surface area contributed by atoms with Gasteiger partial charge in [0.25, 0.3) is 6.47 Å². The lowest BCUT2D eigenvalue weighted by Crippen LogP contribution is -1.80. The van der Waals surface area contributed by atoms with Crippen LogP contribution in [0.3, 0.4) is 0 Å². The van der Waals surface area contributed by atoms with Crippen molar-refractivity contribution in [2.45, 2.75) is 6.92 Å². The van der Waals surface area contributed by atoms with Gasteiger partial charge in [-0.05, 0) is 19.1 Å². The fourth-order valence-electron chi connectivity index (χ4n) is 0.923. The Morgan fingerprint density at radius 1 is 1.50 bits per heavy atom. The molecule has 0 saturated heterocycles. The summed E-state index contributed by atoms with van der Waals surface area (Å²) in [6.45, 7) is 2.66. The first-order valence-electron chi connectivity index (χ1n) is 4.73. The summed E-state index contributed by atoms with van der Waals surface area (Å²) in [4.78, 5) is 17.4. The number of nitrogens with zero attached hydrogens (tertiary/aromatic N) is 2. The Bertz CT molecular complexity index is 390. The first-order valence-corrected chi connectivity index (χ1v) is 5.61. The number of hydrogen-bond donors (Lipinski definition) is 0. The van der Waals surface area contributed by atoms with Gasteiger partial charge in [-0.25, -0.2) is 4.98 Å². The van der Waals surface area contributed by atoms with Crippen molar-refractivity contribution in [3.63, 3.8) is 0 Å². The standard InChI is InChI=1S/C8H6N2S.C3H6O2/c1-2-7(6-9-3-1)8-10-4-5-11-8;1-2-5-3-4/h1-6H;3H,2H2,1H3. The average Bonchev–Trinajstić information content (AvgIpc) is 2.86. The van der Waals surface area contributed by atoms with Gasteiger partial charge in [0.1, 0.15) is 5.01 Å². The second-order valence-corrected chi connectivity index (χ2v) is 3.53. The van der Waals surface area contributed by atoms with E-state index in [1.165, 1.54) is 0 Å². The molecule has 0 aliphatic rings. The highest BCUT2D eigenvalue weighted by atomic mass is 32.1. The summed E-state index contributed by atoms with van der Waals surface area (Å²) in [6.07, 6.45) is 5.38. The smallest absolute Gasteiger partial charge is 0.293 e. The summed E-state index contributed by atoms with van der Waals surface area (Å²) in [6, 6.07) is 3.92. The number of thiazole rings is 1. The molecule has 2 rings (SSSR count). The van der Waals surface area contributed by atoms with Gasteiger partial charge in [-0.2, -0.15) is 0 Å². The molecule has 84 valence electrons. The van der Waals surface area contributed by atoms with Crippen molar-refractivity contribution in [3.8, 4) is 10.6 Å². The van der Waals surface area contributed by atoms with Crippen molar-refractivity contribution in [1.82, 2.24) is 9.97 Å². The zero-order valence-corrected chi connectivity index (χ0v) is 9.68. The van der Waals surface area contributed by atoms with Crippen LogP contribution in [0.15, 0.2) is 36.1 Å². The predicted octanol–water partition coefficient (Wildman–Crippen LogP) is 2.38. The van der Waals surface area contributed by atoms with Crippen LogP contribution in [0.5, 0.6) is 0 Å². The van der Waals surface area contributed by atoms with Gasteiger partial charge in [0.15, 0.2) is 0 Å². The van der Waals surface area contributed by atoms with Gasteiger partial charge in [-0.1, -0.05) is 0 Å². The predicted molar refractivity (Wildman–Crippen MR) is 63.0 cm³/mol. The third-order valence-corrected chi connectivity index (χ3v) is 2.40. The zero-order chi connectivity index (χ0) is 11.6. The van der Waals surface area contributed by atoms with Gasteiger partial charge in [-0.15, -0.1) is 11.3 Å². The molecule has 0 N–H and O–H groups in total. The molecule has 0 aromatic carbocycles. The molecule has 0 atom stereocenters. The minimum atomic E-state index is 0.431. The lowest BCUT2D eigenvalue weighted by atomic mass is 10.3. The lowest BCUT2D eigenvalue weighted by molar-refractivity contribution is -0.128. The number of rotatable bonds is 3. The molecule has 16 heavy (non-hydrogen) atoms. The third-order valence-electron chi connectivity index (χ3n) is 1.58. The summed E-state index contributed by atoms with van der Waals surface area (Å²) < 4.78 is 4.15. The highest BCUT2D eigenvalue weighted by Crippen LogP contribution is 2.19. The van der Waals surface area contributed by atoms with Gasteiger partial charge in [-0.3, -0.25) is 9.78 Å². The highest BCUT2D eigenvalue weighted by molar-refractivity contribution is 7.13. The molecule has 0 aliphatic carbocycles. The van der Waals surface area contributed by atoms with E-state index in [1.54, 1.807) is 30.7 Å². The molecule has 4 nitrogen and oxygen atoms in total. The molecule has 2 heterocycles. The summed E-state index contributed by atoms with van der Waals surface area (Å²) in [7, 11) is 0. The van der Waals surface area contributed by atoms with Gasteiger partial charge >= 0.3 is 0 Å². The van der Waals surface area contributed by atoms with E-state index < -0.39 is 0 Å². The minimum absolute atomic E-state index is 0.431. The van der Waals surface area contributed by atoms with E-state index in [-0.39, 0.29) is 0 Å². The van der Waals surface area contributed by atoms with E-state index in [0.717, 1.165) is 10.6 Å². The molecule has 0 spiro atoms. The quantitative estimate of drug-likeness (QED) is 0.768. The third kappa shape index (κ3) is 4.18. The Kier molecular flexibility index (Phi) is 5.80. The summed E-state index contributed by atoms with van der Waals surface area (Å²) in [5, 5.41) is 2.99. The van der Waals surface area contributed by atoms with E-state index in [4.69, 9.17) is 0 Å². The summed E-state index contributed by atoms with van der Waals surface area (Å²) in [5.74, 6) is 0. The summed E-state index contributed by atoms with van der Waals surface area (Å²) >= 11 is 1.62. The Balaban J connectivity index is 0.000000221. The average molecular weight is 236 g/mol. The second kappa shape index (κ2) is 7.53. The maximum absolute atomic E-state index is 9.18. The van der Waals surface area contributed by atoms with E-state index >= 15 is 0 Å². The van der Waals surface area contributed by atoms with Crippen molar-refractivity contribution in [3.05, 3.63) is 36.1 Å². The molecule has 0 fully saturated rings. The van der Waals surface area contributed by atoms with Gasteiger partial charge in [0.2, 0.25) is 0 Å². The Labute approximate surface area is 97.9 Å². The summed E-state index contributed by atoms with van der Waals surface area (Å²) in [5.41, 5.74) is 1.09. The number of ether oxygens (including phenoxy) is 1. The largest absolute Gasteiger partial charge is 0.468 e. The van der Waals surface area contributed by atoms with Crippen LogP contribution in [0.2, 0.25) is 0 Å². The second-order valence-electron chi connectivity index (χ2n) is 2.63. The van der Waals surface area contributed by atoms with Crippen LogP contribution in [0, 0.1) is 0 Å². The van der Waals surface area contributed by atoms with Crippen molar-refractivity contribution >= 4 is 17.8 Å². The molecule has 5 heteroatoms. The lowest BCUT2D eigenvalue weighted by Gasteiger charge is -1.91. The number of pyridine rings is 1. The van der Waals surface area contributed by atoms with Crippen LogP contribution in [0.1, 0.15) is 6.92 Å². The van der Waals surface area contributed by atoms with Crippen LogP contribution < -0.4 is 0 Å². The number of hydrogen-bond acceptors (Lipinski definition) is 5. The van der Waals surface area contributed by atoms with Crippen molar-refractivity contribution in [1.29, 1.82) is 0 Å². The first-order chi connectivity index (χ1) is 7.88. The molecule has 0 bridgehead atoms. The van der Waals surface area contributed by atoms with E-state index in [0.29, 0.717) is 13.1 Å². The van der Waals surface area contributed by atoms with Crippen LogP contribution in [-0.4, -0.2) is 23.0 Å². The molecule has 2 aromatic rings. The minimum Gasteiger partial charge on any atom is -0.468 e. The van der Waals surface area contributed by atoms with Crippen LogP contribution >= 0.6 is 11.3 Å². The molecule has 0 aliphatic heterocycles. The van der Waals surface area contributed by atoms with Gasteiger partial charge in [0, 0.05) is 29.5 Å². The molecular formula is C11H12N2O2S. The van der Waals surface area contributed by atoms with Crippen LogP contribution in [0.4, 0.5) is 0 Å². The van der Waals surface area contributed by atoms with E-state index in [2.05, 4.69) is 14.7 Å². The Hall–Kier alpha value is -1.75. The molecule has 0 amide bonds. The molecule has 0 saturated carbocycles. The zero-order valence-electron chi connectivity index (χ0n) is 8.87. The SMILES string of the molecule is CCOC=O.c1cncc(-c2nccs2)c1. The first kappa shape index (κ1) is 12.3. The van der Waals surface area contributed by atoms with Gasteiger partial charge < -0.3 is 4.74 Å². The Morgan fingerprint density at radius 2 is 2.38 bits per heavy atom. The number of carbonyl (C=O) groups is 1. The molecule has 2 aromatic heterocycles. The van der Waals surface area contributed by atoms with Crippen molar-refractivity contribution < 1.29 is 9.53 Å². The Morgan fingerprint density at radius 3 is 2.81 bits per heavy atom. The van der Waals surface area contributed by atoms with Crippen LogP contribution in [-0.2, 0) is 9.53 Å². The molecule has 0 radical (unpaired) electrons. The maximum atomic E-state index is 9.18. The van der Waals surface area contributed by atoms with Crippen molar-refractivity contribution in [2.75, 3.05) is 6.61 Å². The number of aromatic nitrogens is 2. The number of carbonyl (C=O) groups excluding carboxylic acids is 1. The normalized spacial score (nSPS) is 8.81.